The monoisotopic (exact) mass is 464 g/mol. The van der Waals surface area contributed by atoms with Crippen molar-refractivity contribution < 1.29 is 24.6 Å². The predicted molar refractivity (Wildman–Crippen MR) is 126 cm³/mol. The average Bonchev–Trinajstić information content (AvgIpc) is 3.74. The third-order valence-electron chi connectivity index (χ3n) is 8.48. The van der Waals surface area contributed by atoms with Crippen molar-refractivity contribution in [2.75, 3.05) is 6.61 Å². The molecule has 0 aromatic rings. The van der Waals surface area contributed by atoms with Gasteiger partial charge in [-0.25, -0.2) is 0 Å². The standard InChI is InChI=1S/C13H21NO3.C13H23NO2/c1-2-8-3-5-9(6-4-8)14-12(15)10-7-11(10)13(16)17;1-2-9-3-5-11(6-4-9)14-13(16)12-7-10(12)8-15/h8-11H,2-7H2,1H3,(H,14,15)(H,16,17);9-12,15H,2-8H2,1H3,(H,14,16)/t8?,9?,10-,11-;9?,10-,11?,12+/m10/s1. The Hall–Kier alpha value is -1.63. The molecule has 4 aliphatic rings. The maximum absolute atomic E-state index is 11.8. The minimum Gasteiger partial charge on any atom is -0.481 e. The molecule has 7 heteroatoms. The number of hydrogen-bond donors (Lipinski definition) is 4. The van der Waals surface area contributed by atoms with E-state index in [0.717, 1.165) is 43.9 Å². The second-order valence-electron chi connectivity index (χ2n) is 10.8. The highest BCUT2D eigenvalue weighted by atomic mass is 16.4. The molecule has 0 aromatic heterocycles. The fourth-order valence-corrected chi connectivity index (χ4v) is 5.57. The molecule has 4 atom stereocenters. The van der Waals surface area contributed by atoms with Gasteiger partial charge in [0.05, 0.1) is 11.8 Å². The first-order chi connectivity index (χ1) is 15.9. The zero-order chi connectivity index (χ0) is 24.0. The number of carbonyl (C=O) groups excluding carboxylic acids is 2. The van der Waals surface area contributed by atoms with Crippen LogP contribution in [0.25, 0.3) is 0 Å². The number of nitrogens with one attached hydrogen (secondary N) is 2. The lowest BCUT2D eigenvalue weighted by molar-refractivity contribution is -0.140. The molecule has 7 nitrogen and oxygen atoms in total. The van der Waals surface area contributed by atoms with Crippen molar-refractivity contribution in [1.29, 1.82) is 0 Å². The summed E-state index contributed by atoms with van der Waals surface area (Å²) < 4.78 is 0. The van der Waals surface area contributed by atoms with E-state index in [1.165, 1.54) is 38.5 Å². The molecule has 4 rings (SSSR count). The van der Waals surface area contributed by atoms with E-state index in [1.54, 1.807) is 0 Å². The molecule has 4 fully saturated rings. The number of aliphatic carboxylic acids is 1. The minimum absolute atomic E-state index is 0.0441. The van der Waals surface area contributed by atoms with E-state index in [0.29, 0.717) is 12.5 Å². The van der Waals surface area contributed by atoms with Crippen molar-refractivity contribution in [2.24, 2.45) is 35.5 Å². The van der Waals surface area contributed by atoms with Crippen LogP contribution in [0.15, 0.2) is 0 Å². The zero-order valence-corrected chi connectivity index (χ0v) is 20.4. The molecule has 0 heterocycles. The number of amides is 2. The molecular weight excluding hydrogens is 420 g/mol. The molecule has 0 bridgehead atoms. The summed E-state index contributed by atoms with van der Waals surface area (Å²) in [6.07, 6.45) is 13.2. The predicted octanol–water partition coefficient (Wildman–Crippen LogP) is 3.49. The molecular formula is C26H44N2O5. The number of aliphatic hydroxyl groups excluding tert-OH is 1. The Morgan fingerprint density at radius 3 is 1.48 bits per heavy atom. The highest BCUT2D eigenvalue weighted by Gasteiger charge is 2.48. The van der Waals surface area contributed by atoms with Crippen LogP contribution in [0.1, 0.15) is 90.9 Å². The highest BCUT2D eigenvalue weighted by molar-refractivity contribution is 5.89. The molecule has 0 radical (unpaired) electrons. The molecule has 0 unspecified atom stereocenters. The van der Waals surface area contributed by atoms with Crippen molar-refractivity contribution in [3.8, 4) is 0 Å². The van der Waals surface area contributed by atoms with Gasteiger partial charge in [0.1, 0.15) is 0 Å². The van der Waals surface area contributed by atoms with Gasteiger partial charge >= 0.3 is 5.97 Å². The van der Waals surface area contributed by atoms with Gasteiger partial charge < -0.3 is 20.8 Å². The summed E-state index contributed by atoms with van der Waals surface area (Å²) in [5, 5.41) is 23.8. The van der Waals surface area contributed by atoms with Crippen LogP contribution in [0, 0.1) is 35.5 Å². The number of rotatable bonds is 8. The molecule has 4 aliphatic carbocycles. The molecule has 0 aromatic carbocycles. The molecule has 188 valence electrons. The average molecular weight is 465 g/mol. The van der Waals surface area contributed by atoms with E-state index in [-0.39, 0.29) is 42.2 Å². The smallest absolute Gasteiger partial charge is 0.307 e. The van der Waals surface area contributed by atoms with Gasteiger partial charge in [0, 0.05) is 24.6 Å². The first-order valence-corrected chi connectivity index (χ1v) is 13.3. The highest BCUT2D eigenvalue weighted by Crippen LogP contribution is 2.39. The fraction of sp³-hybridized carbons (Fsp3) is 0.885. The summed E-state index contributed by atoms with van der Waals surface area (Å²) in [4.78, 5) is 34.2. The van der Waals surface area contributed by atoms with Crippen molar-refractivity contribution in [3.05, 3.63) is 0 Å². The maximum Gasteiger partial charge on any atom is 0.307 e. The van der Waals surface area contributed by atoms with E-state index < -0.39 is 11.9 Å². The number of aliphatic hydroxyl groups is 1. The zero-order valence-electron chi connectivity index (χ0n) is 20.4. The number of carbonyl (C=O) groups is 3. The molecule has 2 amide bonds. The van der Waals surface area contributed by atoms with Crippen LogP contribution in [0.4, 0.5) is 0 Å². The fourth-order valence-electron chi connectivity index (χ4n) is 5.57. The first kappa shape index (κ1) is 26.0. The van der Waals surface area contributed by atoms with Crippen molar-refractivity contribution in [2.45, 2.75) is 103 Å². The molecule has 0 saturated heterocycles. The Kier molecular flexibility index (Phi) is 9.59. The van der Waals surface area contributed by atoms with Crippen LogP contribution in [0.3, 0.4) is 0 Å². The van der Waals surface area contributed by atoms with Crippen LogP contribution in [-0.4, -0.2) is 46.7 Å². The number of hydrogen-bond acceptors (Lipinski definition) is 4. The Balaban J connectivity index is 0.000000186. The summed E-state index contributed by atoms with van der Waals surface area (Å²) in [7, 11) is 0. The maximum atomic E-state index is 11.8. The summed E-state index contributed by atoms with van der Waals surface area (Å²) in [6.45, 7) is 4.63. The van der Waals surface area contributed by atoms with Crippen LogP contribution in [0.2, 0.25) is 0 Å². The van der Waals surface area contributed by atoms with Gasteiger partial charge in [-0.2, -0.15) is 0 Å². The van der Waals surface area contributed by atoms with Crippen LogP contribution < -0.4 is 10.6 Å². The van der Waals surface area contributed by atoms with Crippen molar-refractivity contribution in [3.63, 3.8) is 0 Å². The van der Waals surface area contributed by atoms with E-state index in [1.807, 2.05) is 0 Å². The van der Waals surface area contributed by atoms with E-state index in [4.69, 9.17) is 10.2 Å². The SMILES string of the molecule is CCC1CCC(NC(=O)[C@@H]2C[C@H]2C(=O)O)CC1.CCC1CCC(NC(=O)[C@@H]2C[C@H]2CO)CC1. The Morgan fingerprint density at radius 1 is 0.697 bits per heavy atom. The normalized spacial score (nSPS) is 37.2. The van der Waals surface area contributed by atoms with E-state index in [2.05, 4.69) is 24.5 Å². The Labute approximate surface area is 198 Å². The lowest BCUT2D eigenvalue weighted by Crippen LogP contribution is -2.38. The quantitative estimate of drug-likeness (QED) is 0.439. The van der Waals surface area contributed by atoms with Gasteiger partial charge in [-0.1, -0.05) is 26.7 Å². The first-order valence-electron chi connectivity index (χ1n) is 13.3. The summed E-state index contributed by atoms with van der Waals surface area (Å²) in [6, 6.07) is 0.676. The third kappa shape index (κ3) is 7.69. The molecule has 4 N–H and O–H groups in total. The van der Waals surface area contributed by atoms with Crippen LogP contribution in [0.5, 0.6) is 0 Å². The second kappa shape index (κ2) is 12.2. The third-order valence-corrected chi connectivity index (χ3v) is 8.48. The summed E-state index contributed by atoms with van der Waals surface area (Å²) in [5.41, 5.74) is 0. The van der Waals surface area contributed by atoms with Gasteiger partial charge in [-0.05, 0) is 82.0 Å². The minimum atomic E-state index is -0.833. The number of carboxylic acid groups (broad SMARTS) is 1. The lowest BCUT2D eigenvalue weighted by Gasteiger charge is -2.28. The molecule has 33 heavy (non-hydrogen) atoms. The Bertz CT molecular complexity index is 668. The molecule has 0 aliphatic heterocycles. The van der Waals surface area contributed by atoms with Crippen molar-refractivity contribution >= 4 is 17.8 Å². The van der Waals surface area contributed by atoms with E-state index >= 15 is 0 Å². The van der Waals surface area contributed by atoms with Gasteiger partial charge in [0.25, 0.3) is 0 Å². The molecule has 4 saturated carbocycles. The van der Waals surface area contributed by atoms with Gasteiger partial charge in [-0.15, -0.1) is 0 Å². The van der Waals surface area contributed by atoms with Gasteiger partial charge in [-0.3, -0.25) is 14.4 Å². The van der Waals surface area contributed by atoms with Crippen LogP contribution in [-0.2, 0) is 14.4 Å². The second-order valence-corrected chi connectivity index (χ2v) is 10.8. The number of carboxylic acids is 1. The van der Waals surface area contributed by atoms with Crippen molar-refractivity contribution in [1.82, 2.24) is 10.6 Å². The topological polar surface area (TPSA) is 116 Å². The summed E-state index contributed by atoms with van der Waals surface area (Å²) >= 11 is 0. The van der Waals surface area contributed by atoms with E-state index in [9.17, 15) is 14.4 Å². The largest absolute Gasteiger partial charge is 0.481 e. The summed E-state index contributed by atoms with van der Waals surface area (Å²) in [5.74, 6) is 0.644. The van der Waals surface area contributed by atoms with Gasteiger partial charge in [0.15, 0.2) is 0 Å². The van der Waals surface area contributed by atoms with Crippen LogP contribution >= 0.6 is 0 Å². The molecule has 0 spiro atoms. The lowest BCUT2D eigenvalue weighted by atomic mass is 9.84. The van der Waals surface area contributed by atoms with Gasteiger partial charge in [0.2, 0.25) is 11.8 Å². The Morgan fingerprint density at radius 2 is 1.15 bits per heavy atom.